The molecule has 1 aromatic rings. The maximum atomic E-state index is 12.0. The molecule has 4 heteroatoms. The minimum atomic E-state index is 0.0753. The van der Waals surface area contributed by atoms with E-state index in [2.05, 4.69) is 9.80 Å². The largest absolute Gasteiger partial charge is 0.496 e. The molecule has 2 aliphatic rings. The summed E-state index contributed by atoms with van der Waals surface area (Å²) in [4.78, 5) is 16.9. The van der Waals surface area contributed by atoms with Gasteiger partial charge in [-0.15, -0.1) is 0 Å². The van der Waals surface area contributed by atoms with Gasteiger partial charge in [0.15, 0.2) is 5.78 Å². The number of anilines is 1. The molecule has 2 aliphatic heterocycles. The molecule has 0 spiro atoms. The Morgan fingerprint density at radius 1 is 1.30 bits per heavy atom. The van der Waals surface area contributed by atoms with E-state index in [0.717, 1.165) is 30.9 Å². The van der Waals surface area contributed by atoms with E-state index in [4.69, 9.17) is 4.74 Å². The average molecular weight is 274 g/mol. The molecule has 1 aromatic carbocycles. The molecule has 0 amide bonds. The lowest BCUT2D eigenvalue weighted by atomic mass is 10.0. The van der Waals surface area contributed by atoms with Gasteiger partial charge >= 0.3 is 0 Å². The zero-order chi connectivity index (χ0) is 14.1. The van der Waals surface area contributed by atoms with Crippen molar-refractivity contribution in [3.05, 3.63) is 23.8 Å². The van der Waals surface area contributed by atoms with Gasteiger partial charge < -0.3 is 9.64 Å². The van der Waals surface area contributed by atoms with Crippen molar-refractivity contribution in [2.45, 2.75) is 25.8 Å². The Morgan fingerprint density at radius 2 is 2.15 bits per heavy atom. The number of nitrogens with zero attached hydrogens (tertiary/aromatic N) is 2. The van der Waals surface area contributed by atoms with Crippen LogP contribution in [0.2, 0.25) is 0 Å². The molecule has 1 unspecified atom stereocenters. The number of fused-ring (bicyclic) bond motifs is 1. The molecular formula is C16H22N2O2. The van der Waals surface area contributed by atoms with Crippen molar-refractivity contribution in [2.24, 2.45) is 0 Å². The van der Waals surface area contributed by atoms with E-state index in [1.807, 2.05) is 18.2 Å². The van der Waals surface area contributed by atoms with E-state index in [0.29, 0.717) is 11.8 Å². The molecule has 3 rings (SSSR count). The van der Waals surface area contributed by atoms with Gasteiger partial charge in [0, 0.05) is 25.7 Å². The number of methoxy groups -OCH3 is 1. The summed E-state index contributed by atoms with van der Waals surface area (Å²) in [5.74, 6) is 0.759. The van der Waals surface area contributed by atoms with Gasteiger partial charge in [0.2, 0.25) is 0 Å². The highest BCUT2D eigenvalue weighted by atomic mass is 16.5. The Labute approximate surface area is 120 Å². The Balaban J connectivity index is 1.91. The van der Waals surface area contributed by atoms with Crippen LogP contribution in [0.1, 0.15) is 30.1 Å². The first kappa shape index (κ1) is 13.4. The zero-order valence-corrected chi connectivity index (χ0v) is 12.3. The number of ether oxygens (including phenoxy) is 1. The van der Waals surface area contributed by atoms with E-state index in [-0.39, 0.29) is 5.78 Å². The molecule has 4 nitrogen and oxygen atoms in total. The summed E-state index contributed by atoms with van der Waals surface area (Å²) < 4.78 is 5.37. The van der Waals surface area contributed by atoms with Crippen molar-refractivity contribution in [2.75, 3.05) is 38.2 Å². The maximum absolute atomic E-state index is 12.0. The molecule has 1 atom stereocenters. The van der Waals surface area contributed by atoms with E-state index < -0.39 is 0 Å². The van der Waals surface area contributed by atoms with Crippen LogP contribution in [0.5, 0.6) is 5.75 Å². The fraction of sp³-hybridized carbons (Fsp3) is 0.562. The molecule has 0 radical (unpaired) electrons. The normalized spacial score (nSPS) is 22.7. The number of benzene rings is 1. The maximum Gasteiger partial charge on any atom is 0.165 e. The van der Waals surface area contributed by atoms with Crippen molar-refractivity contribution >= 4 is 11.5 Å². The Bertz CT molecular complexity index is 515. The fourth-order valence-corrected chi connectivity index (χ4v) is 3.52. The van der Waals surface area contributed by atoms with Gasteiger partial charge in [-0.1, -0.05) is 6.07 Å². The highest BCUT2D eigenvalue weighted by Gasteiger charge is 2.32. The summed E-state index contributed by atoms with van der Waals surface area (Å²) >= 11 is 0. The molecule has 2 fully saturated rings. The lowest BCUT2D eigenvalue weighted by Gasteiger charge is -2.39. The highest BCUT2D eigenvalue weighted by Crippen LogP contribution is 2.32. The zero-order valence-electron chi connectivity index (χ0n) is 12.3. The predicted molar refractivity (Wildman–Crippen MR) is 79.8 cm³/mol. The number of hydrogen-bond donors (Lipinski definition) is 0. The minimum Gasteiger partial charge on any atom is -0.496 e. The van der Waals surface area contributed by atoms with Crippen LogP contribution < -0.4 is 9.64 Å². The summed E-state index contributed by atoms with van der Waals surface area (Å²) in [6.07, 6.45) is 2.58. The monoisotopic (exact) mass is 274 g/mol. The van der Waals surface area contributed by atoms with Gasteiger partial charge in [-0.2, -0.15) is 0 Å². The number of carbonyl (C=O) groups excluding carboxylic acids is 1. The van der Waals surface area contributed by atoms with Crippen molar-refractivity contribution in [3.63, 3.8) is 0 Å². The minimum absolute atomic E-state index is 0.0753. The molecular weight excluding hydrogens is 252 g/mol. The number of ketones is 1. The Hall–Kier alpha value is -1.55. The van der Waals surface area contributed by atoms with Crippen LogP contribution in [0.15, 0.2) is 18.2 Å². The van der Waals surface area contributed by atoms with Gasteiger partial charge in [0.05, 0.1) is 18.4 Å². The lowest BCUT2D eigenvalue weighted by molar-refractivity contribution is 0.101. The standard InChI is InChI=1S/C16H22N2O2/c1-12(19)16-14(6-3-7-15(16)20-2)18-10-9-17-8-4-5-13(17)11-18/h3,6-7,13H,4-5,8-11H2,1-2H3. The first-order chi connectivity index (χ1) is 9.70. The number of hydrogen-bond acceptors (Lipinski definition) is 4. The van der Waals surface area contributed by atoms with Gasteiger partial charge in [0.25, 0.3) is 0 Å². The predicted octanol–water partition coefficient (Wildman–Crippen LogP) is 2.18. The van der Waals surface area contributed by atoms with Gasteiger partial charge in [-0.05, 0) is 38.4 Å². The second kappa shape index (κ2) is 5.44. The van der Waals surface area contributed by atoms with Crippen molar-refractivity contribution in [1.29, 1.82) is 0 Å². The van der Waals surface area contributed by atoms with Crippen LogP contribution in [0, 0.1) is 0 Å². The molecule has 0 N–H and O–H groups in total. The number of rotatable bonds is 3. The van der Waals surface area contributed by atoms with Gasteiger partial charge in [-0.25, -0.2) is 0 Å². The van der Waals surface area contributed by atoms with E-state index in [1.165, 1.54) is 19.4 Å². The smallest absolute Gasteiger partial charge is 0.165 e. The molecule has 2 saturated heterocycles. The van der Waals surface area contributed by atoms with Crippen LogP contribution in [-0.2, 0) is 0 Å². The topological polar surface area (TPSA) is 32.8 Å². The van der Waals surface area contributed by atoms with E-state index in [1.54, 1.807) is 14.0 Å². The van der Waals surface area contributed by atoms with E-state index >= 15 is 0 Å². The van der Waals surface area contributed by atoms with Crippen LogP contribution in [-0.4, -0.2) is 50.0 Å². The molecule has 2 heterocycles. The molecule has 20 heavy (non-hydrogen) atoms. The van der Waals surface area contributed by atoms with Crippen molar-refractivity contribution in [1.82, 2.24) is 4.90 Å². The average Bonchev–Trinajstić information content (AvgIpc) is 2.93. The summed E-state index contributed by atoms with van der Waals surface area (Å²) in [6.45, 7) is 5.96. The third-order valence-corrected chi connectivity index (χ3v) is 4.50. The van der Waals surface area contributed by atoms with E-state index in [9.17, 15) is 4.79 Å². The second-order valence-electron chi connectivity index (χ2n) is 5.69. The summed E-state index contributed by atoms with van der Waals surface area (Å²) in [5, 5.41) is 0. The van der Waals surface area contributed by atoms with Gasteiger partial charge in [-0.3, -0.25) is 9.69 Å². The molecule has 108 valence electrons. The van der Waals surface area contributed by atoms with Crippen LogP contribution >= 0.6 is 0 Å². The van der Waals surface area contributed by atoms with Gasteiger partial charge in [0.1, 0.15) is 5.75 Å². The molecule has 0 bridgehead atoms. The first-order valence-corrected chi connectivity index (χ1v) is 7.37. The summed E-state index contributed by atoms with van der Waals surface area (Å²) in [7, 11) is 1.63. The molecule has 0 saturated carbocycles. The lowest BCUT2D eigenvalue weighted by Crippen LogP contribution is -2.50. The SMILES string of the molecule is COc1cccc(N2CCN3CCCC3C2)c1C(C)=O. The Morgan fingerprint density at radius 3 is 2.90 bits per heavy atom. The fourth-order valence-electron chi connectivity index (χ4n) is 3.52. The Kier molecular flexibility index (Phi) is 3.66. The van der Waals surface area contributed by atoms with Crippen LogP contribution in [0.3, 0.4) is 0 Å². The first-order valence-electron chi connectivity index (χ1n) is 7.37. The quantitative estimate of drug-likeness (QED) is 0.791. The number of piperazine rings is 1. The summed E-state index contributed by atoms with van der Waals surface area (Å²) in [6, 6.07) is 6.53. The molecule has 0 aliphatic carbocycles. The molecule has 0 aromatic heterocycles. The van der Waals surface area contributed by atoms with Crippen LogP contribution in [0.25, 0.3) is 0 Å². The third-order valence-electron chi connectivity index (χ3n) is 4.50. The third kappa shape index (κ3) is 2.29. The number of carbonyl (C=O) groups is 1. The highest BCUT2D eigenvalue weighted by molar-refractivity contribution is 6.02. The van der Waals surface area contributed by atoms with Crippen molar-refractivity contribution < 1.29 is 9.53 Å². The van der Waals surface area contributed by atoms with Crippen LogP contribution in [0.4, 0.5) is 5.69 Å². The number of Topliss-reactive ketones (excluding diaryl/α,β-unsaturated/α-hetero) is 1. The summed E-state index contributed by atoms with van der Waals surface area (Å²) in [5.41, 5.74) is 1.75. The second-order valence-corrected chi connectivity index (χ2v) is 5.69. The van der Waals surface area contributed by atoms with Crippen molar-refractivity contribution in [3.8, 4) is 5.75 Å².